The van der Waals surface area contributed by atoms with Crippen molar-refractivity contribution in [2.75, 3.05) is 6.61 Å². The van der Waals surface area contributed by atoms with Gasteiger partial charge >= 0.3 is 5.97 Å². The van der Waals surface area contributed by atoms with Crippen LogP contribution in [-0.4, -0.2) is 24.1 Å². The number of rotatable bonds is 7. The lowest BCUT2D eigenvalue weighted by Gasteiger charge is -2.02. The van der Waals surface area contributed by atoms with Crippen LogP contribution in [0.25, 0.3) is 11.0 Å². The molecule has 0 aliphatic heterocycles. The highest BCUT2D eigenvalue weighted by Gasteiger charge is 2.16. The molecule has 0 N–H and O–H groups in total. The van der Waals surface area contributed by atoms with Crippen LogP contribution in [0, 0.1) is 0 Å². The highest BCUT2D eigenvalue weighted by molar-refractivity contribution is 7.12. The molecule has 6 heteroatoms. The van der Waals surface area contributed by atoms with E-state index in [1.807, 2.05) is 18.2 Å². The second-order valence-electron chi connectivity index (χ2n) is 5.13. The van der Waals surface area contributed by atoms with Crippen molar-refractivity contribution in [3.05, 3.63) is 58.5 Å². The van der Waals surface area contributed by atoms with Gasteiger partial charge in [0.15, 0.2) is 18.2 Å². The predicted molar refractivity (Wildman–Crippen MR) is 89.4 cm³/mol. The molecule has 2 aromatic heterocycles. The first-order valence-electron chi connectivity index (χ1n) is 7.37. The minimum atomic E-state index is -0.579. The molecule has 0 bridgehead atoms. The number of para-hydroxylation sites is 1. The first kappa shape index (κ1) is 16.1. The maximum atomic E-state index is 12.0. The zero-order valence-corrected chi connectivity index (χ0v) is 13.5. The van der Waals surface area contributed by atoms with Crippen LogP contribution in [0.1, 0.15) is 33.1 Å². The summed E-state index contributed by atoms with van der Waals surface area (Å²) in [5.74, 6) is -0.947. The average molecular weight is 342 g/mol. The molecule has 0 unspecified atom stereocenters. The minimum absolute atomic E-state index is 0.0514. The summed E-state index contributed by atoms with van der Waals surface area (Å²) in [6, 6.07) is 12.4. The number of carbonyl (C=O) groups is 3. The van der Waals surface area contributed by atoms with E-state index in [2.05, 4.69) is 0 Å². The molecule has 3 aromatic rings. The molecule has 0 aliphatic carbocycles. The van der Waals surface area contributed by atoms with Crippen molar-refractivity contribution in [1.82, 2.24) is 0 Å². The molecular formula is C18H14O5S. The Kier molecular flexibility index (Phi) is 4.86. The molecule has 0 spiro atoms. The number of ketones is 2. The number of esters is 1. The van der Waals surface area contributed by atoms with Gasteiger partial charge in [0, 0.05) is 11.8 Å². The SMILES string of the molecule is O=C(CCC(=O)c1cccs1)OCC(=O)c1cc2ccccc2o1. The van der Waals surface area contributed by atoms with E-state index in [1.165, 1.54) is 11.3 Å². The minimum Gasteiger partial charge on any atom is -0.457 e. The third-order valence-electron chi connectivity index (χ3n) is 3.42. The van der Waals surface area contributed by atoms with Crippen molar-refractivity contribution in [1.29, 1.82) is 0 Å². The van der Waals surface area contributed by atoms with E-state index >= 15 is 0 Å². The fourth-order valence-electron chi connectivity index (χ4n) is 2.18. The van der Waals surface area contributed by atoms with Gasteiger partial charge in [0.25, 0.3) is 0 Å². The maximum Gasteiger partial charge on any atom is 0.306 e. The molecular weight excluding hydrogens is 328 g/mol. The molecule has 2 heterocycles. The smallest absolute Gasteiger partial charge is 0.306 e. The normalized spacial score (nSPS) is 10.7. The van der Waals surface area contributed by atoms with Crippen molar-refractivity contribution in [2.45, 2.75) is 12.8 Å². The van der Waals surface area contributed by atoms with E-state index < -0.39 is 18.4 Å². The number of ether oxygens (including phenoxy) is 1. The molecule has 24 heavy (non-hydrogen) atoms. The third-order valence-corrected chi connectivity index (χ3v) is 4.33. The van der Waals surface area contributed by atoms with Gasteiger partial charge in [-0.3, -0.25) is 14.4 Å². The zero-order valence-electron chi connectivity index (χ0n) is 12.7. The van der Waals surface area contributed by atoms with Crippen molar-refractivity contribution in [3.8, 4) is 0 Å². The quantitative estimate of drug-likeness (QED) is 0.481. The predicted octanol–water partition coefficient (Wildman–Crippen LogP) is 3.88. The zero-order chi connectivity index (χ0) is 16.9. The number of carbonyl (C=O) groups excluding carboxylic acids is 3. The van der Waals surface area contributed by atoms with Crippen molar-refractivity contribution >= 4 is 39.8 Å². The number of furan rings is 1. The summed E-state index contributed by atoms with van der Waals surface area (Å²) in [4.78, 5) is 36.1. The van der Waals surface area contributed by atoms with E-state index in [1.54, 1.807) is 29.6 Å². The van der Waals surface area contributed by atoms with Crippen LogP contribution >= 0.6 is 11.3 Å². The fourth-order valence-corrected chi connectivity index (χ4v) is 2.88. The van der Waals surface area contributed by atoms with Crippen LogP contribution < -0.4 is 0 Å². The summed E-state index contributed by atoms with van der Waals surface area (Å²) in [7, 11) is 0. The molecule has 0 radical (unpaired) electrons. The Morgan fingerprint density at radius 2 is 1.83 bits per heavy atom. The Balaban J connectivity index is 1.48. The Labute approximate surface area is 141 Å². The molecule has 3 rings (SSSR count). The highest BCUT2D eigenvalue weighted by Crippen LogP contribution is 2.19. The van der Waals surface area contributed by atoms with Gasteiger partial charge in [-0.25, -0.2) is 0 Å². The van der Waals surface area contributed by atoms with Gasteiger partial charge in [0.2, 0.25) is 5.78 Å². The maximum absolute atomic E-state index is 12.0. The van der Waals surface area contributed by atoms with Crippen LogP contribution in [-0.2, 0) is 9.53 Å². The van der Waals surface area contributed by atoms with Crippen molar-refractivity contribution < 1.29 is 23.5 Å². The lowest BCUT2D eigenvalue weighted by Crippen LogP contribution is -2.14. The Morgan fingerprint density at radius 1 is 1.00 bits per heavy atom. The number of hydrogen-bond donors (Lipinski definition) is 0. The van der Waals surface area contributed by atoms with Crippen LogP contribution in [0.4, 0.5) is 0 Å². The summed E-state index contributed by atoms with van der Waals surface area (Å²) in [6.45, 7) is -0.397. The number of Topliss-reactive ketones (excluding diaryl/α,β-unsaturated/α-hetero) is 2. The van der Waals surface area contributed by atoms with Gasteiger partial charge in [0.05, 0.1) is 11.3 Å². The van der Waals surface area contributed by atoms with Gasteiger partial charge in [0.1, 0.15) is 5.58 Å². The summed E-state index contributed by atoms with van der Waals surface area (Å²) < 4.78 is 10.3. The van der Waals surface area contributed by atoms with Crippen LogP contribution in [0.15, 0.2) is 52.3 Å². The van der Waals surface area contributed by atoms with Crippen LogP contribution in [0.5, 0.6) is 0 Å². The van der Waals surface area contributed by atoms with E-state index in [0.717, 1.165) is 5.39 Å². The second kappa shape index (κ2) is 7.23. The second-order valence-corrected chi connectivity index (χ2v) is 6.08. The van der Waals surface area contributed by atoms with Gasteiger partial charge < -0.3 is 9.15 Å². The molecule has 0 amide bonds. The largest absolute Gasteiger partial charge is 0.457 e. The van der Waals surface area contributed by atoms with E-state index in [0.29, 0.717) is 10.5 Å². The number of hydrogen-bond acceptors (Lipinski definition) is 6. The third kappa shape index (κ3) is 3.78. The van der Waals surface area contributed by atoms with E-state index in [9.17, 15) is 14.4 Å². The molecule has 0 saturated heterocycles. The molecule has 122 valence electrons. The monoisotopic (exact) mass is 342 g/mol. The summed E-state index contributed by atoms with van der Waals surface area (Å²) in [6.07, 6.45) is 0.0162. The van der Waals surface area contributed by atoms with Gasteiger partial charge in [-0.05, 0) is 23.6 Å². The molecule has 1 aromatic carbocycles. The fraction of sp³-hybridized carbons (Fsp3) is 0.167. The van der Waals surface area contributed by atoms with Crippen LogP contribution in [0.2, 0.25) is 0 Å². The summed E-state index contributed by atoms with van der Waals surface area (Å²) >= 11 is 1.33. The molecule has 0 atom stereocenters. The van der Waals surface area contributed by atoms with Crippen molar-refractivity contribution in [3.63, 3.8) is 0 Å². The van der Waals surface area contributed by atoms with E-state index in [4.69, 9.17) is 9.15 Å². The Bertz CT molecular complexity index is 843. The molecule has 0 fully saturated rings. The Morgan fingerprint density at radius 3 is 2.58 bits per heavy atom. The Hall–Kier alpha value is -2.73. The summed E-state index contributed by atoms with van der Waals surface area (Å²) in [5.41, 5.74) is 0.605. The molecule has 0 aliphatic rings. The lowest BCUT2D eigenvalue weighted by molar-refractivity contribution is -0.142. The topological polar surface area (TPSA) is 73.6 Å². The number of fused-ring (bicyclic) bond motifs is 1. The standard InChI is InChI=1S/C18H14O5S/c19-13(17-6-3-9-24-17)7-8-18(21)22-11-14(20)16-10-12-4-1-2-5-15(12)23-16/h1-6,9-10H,7-8,11H2. The first-order chi connectivity index (χ1) is 11.6. The van der Waals surface area contributed by atoms with Gasteiger partial charge in [-0.2, -0.15) is 0 Å². The lowest BCUT2D eigenvalue weighted by atomic mass is 10.2. The van der Waals surface area contributed by atoms with Crippen molar-refractivity contribution in [2.24, 2.45) is 0 Å². The van der Waals surface area contributed by atoms with Gasteiger partial charge in [-0.15, -0.1) is 11.3 Å². The summed E-state index contributed by atoms with van der Waals surface area (Å²) in [5, 5.41) is 2.62. The highest BCUT2D eigenvalue weighted by atomic mass is 32.1. The number of thiophene rings is 1. The average Bonchev–Trinajstić information content (AvgIpc) is 3.26. The molecule has 5 nitrogen and oxygen atoms in total. The number of benzene rings is 1. The first-order valence-corrected chi connectivity index (χ1v) is 8.25. The van der Waals surface area contributed by atoms with E-state index in [-0.39, 0.29) is 24.4 Å². The van der Waals surface area contributed by atoms with Gasteiger partial charge in [-0.1, -0.05) is 24.3 Å². The molecule has 0 saturated carbocycles. The van der Waals surface area contributed by atoms with Crippen LogP contribution in [0.3, 0.4) is 0 Å².